The maximum atomic E-state index is 11.8. The fraction of sp³-hybridized carbons (Fsp3) is 0.364. The molecule has 0 unspecified atom stereocenters. The van der Waals surface area contributed by atoms with Crippen LogP contribution in [-0.4, -0.2) is 19.1 Å². The molecule has 2 nitrogen and oxygen atoms in total. The van der Waals surface area contributed by atoms with Crippen LogP contribution >= 0.6 is 11.6 Å². The van der Waals surface area contributed by atoms with Crippen LogP contribution in [0.4, 0.5) is 4.39 Å². The number of halogens is 2. The van der Waals surface area contributed by atoms with Crippen molar-refractivity contribution >= 4 is 17.4 Å². The van der Waals surface area contributed by atoms with Crippen LogP contribution in [0.5, 0.6) is 5.75 Å². The number of benzene rings is 1. The van der Waals surface area contributed by atoms with E-state index in [4.69, 9.17) is 16.3 Å². The van der Waals surface area contributed by atoms with Gasteiger partial charge in [0.05, 0.1) is 6.67 Å². The van der Waals surface area contributed by atoms with E-state index in [2.05, 4.69) is 0 Å². The van der Waals surface area contributed by atoms with Gasteiger partial charge in [-0.3, -0.25) is 9.18 Å². The smallest absolute Gasteiger partial charge is 0.170 e. The summed E-state index contributed by atoms with van der Waals surface area (Å²) in [4.78, 5) is 11.1. The van der Waals surface area contributed by atoms with E-state index in [0.29, 0.717) is 10.8 Å². The summed E-state index contributed by atoms with van der Waals surface area (Å²) in [7, 11) is 0. The Morgan fingerprint density at radius 3 is 2.60 bits per heavy atom. The molecule has 0 spiro atoms. The third kappa shape index (κ3) is 4.79. The number of ketones is 1. The molecule has 4 heteroatoms. The van der Waals surface area contributed by atoms with Crippen molar-refractivity contribution in [2.24, 2.45) is 0 Å². The Labute approximate surface area is 93.0 Å². The molecule has 0 aliphatic heterocycles. The average Bonchev–Trinajstić information content (AvgIpc) is 2.25. The van der Waals surface area contributed by atoms with Crippen LogP contribution in [0.25, 0.3) is 0 Å². The second-order valence-corrected chi connectivity index (χ2v) is 3.51. The Balaban J connectivity index is 2.30. The van der Waals surface area contributed by atoms with Crippen molar-refractivity contribution in [2.75, 3.05) is 13.3 Å². The summed E-state index contributed by atoms with van der Waals surface area (Å²) in [5.41, 5.74) is 0. The lowest BCUT2D eigenvalue weighted by atomic mass is 10.2. The summed E-state index contributed by atoms with van der Waals surface area (Å²) in [5.74, 6) is 0.496. The summed E-state index contributed by atoms with van der Waals surface area (Å²) >= 11 is 5.68. The molecule has 0 saturated heterocycles. The quantitative estimate of drug-likeness (QED) is 0.751. The van der Waals surface area contributed by atoms with E-state index in [9.17, 15) is 9.18 Å². The SMILES string of the molecule is O=C(CCCF)COc1ccc(Cl)cc1. The van der Waals surface area contributed by atoms with E-state index in [1.54, 1.807) is 24.3 Å². The molecule has 0 saturated carbocycles. The van der Waals surface area contributed by atoms with Crippen molar-refractivity contribution in [3.63, 3.8) is 0 Å². The van der Waals surface area contributed by atoms with Gasteiger partial charge in [-0.25, -0.2) is 0 Å². The number of hydrogen-bond donors (Lipinski definition) is 0. The molecular weight excluding hydrogens is 219 g/mol. The Morgan fingerprint density at radius 1 is 1.33 bits per heavy atom. The van der Waals surface area contributed by atoms with Gasteiger partial charge in [-0.2, -0.15) is 0 Å². The number of carbonyl (C=O) groups is 1. The highest BCUT2D eigenvalue weighted by atomic mass is 35.5. The van der Waals surface area contributed by atoms with Crippen LogP contribution < -0.4 is 4.74 Å². The van der Waals surface area contributed by atoms with E-state index in [-0.39, 0.29) is 25.2 Å². The molecule has 1 rings (SSSR count). The van der Waals surface area contributed by atoms with Crippen molar-refractivity contribution in [2.45, 2.75) is 12.8 Å². The van der Waals surface area contributed by atoms with Gasteiger partial charge in [0.1, 0.15) is 12.4 Å². The first-order valence-electron chi connectivity index (χ1n) is 4.68. The Kier molecular flexibility index (Phi) is 5.12. The highest BCUT2D eigenvalue weighted by Gasteiger charge is 2.02. The summed E-state index contributed by atoms with van der Waals surface area (Å²) in [5, 5.41) is 0.617. The lowest BCUT2D eigenvalue weighted by Crippen LogP contribution is -2.11. The first-order chi connectivity index (χ1) is 7.22. The number of alkyl halides is 1. The Morgan fingerprint density at radius 2 is 2.00 bits per heavy atom. The normalized spacial score (nSPS) is 10.0. The first-order valence-corrected chi connectivity index (χ1v) is 5.06. The Bertz CT molecular complexity index is 311. The monoisotopic (exact) mass is 230 g/mol. The number of carbonyl (C=O) groups excluding carboxylic acids is 1. The van der Waals surface area contributed by atoms with Crippen molar-refractivity contribution < 1.29 is 13.9 Å². The lowest BCUT2D eigenvalue weighted by molar-refractivity contribution is -0.121. The topological polar surface area (TPSA) is 26.3 Å². The predicted molar refractivity (Wildman–Crippen MR) is 57.2 cm³/mol. The van der Waals surface area contributed by atoms with Crippen LogP contribution in [-0.2, 0) is 4.79 Å². The molecule has 0 radical (unpaired) electrons. The molecule has 1 aromatic rings. The average molecular weight is 231 g/mol. The zero-order chi connectivity index (χ0) is 11.1. The molecule has 15 heavy (non-hydrogen) atoms. The van der Waals surface area contributed by atoms with E-state index < -0.39 is 6.67 Å². The van der Waals surface area contributed by atoms with Crippen LogP contribution in [0.2, 0.25) is 5.02 Å². The summed E-state index contributed by atoms with van der Waals surface area (Å²) in [6, 6.07) is 6.74. The molecule has 0 heterocycles. The van der Waals surface area contributed by atoms with Gasteiger partial charge in [0.15, 0.2) is 5.78 Å². The van der Waals surface area contributed by atoms with E-state index >= 15 is 0 Å². The molecule has 0 aliphatic carbocycles. The molecule has 82 valence electrons. The molecule has 0 N–H and O–H groups in total. The van der Waals surface area contributed by atoms with Gasteiger partial charge in [0, 0.05) is 11.4 Å². The van der Waals surface area contributed by atoms with Gasteiger partial charge < -0.3 is 4.74 Å². The number of Topliss-reactive ketones (excluding diaryl/α,β-unsaturated/α-hetero) is 1. The minimum absolute atomic E-state index is 0.0123. The predicted octanol–water partition coefficient (Wildman–Crippen LogP) is 3.04. The molecule has 0 aliphatic rings. The van der Waals surface area contributed by atoms with Gasteiger partial charge >= 0.3 is 0 Å². The van der Waals surface area contributed by atoms with Crippen molar-refractivity contribution in [1.29, 1.82) is 0 Å². The highest BCUT2D eigenvalue weighted by Crippen LogP contribution is 2.15. The fourth-order valence-corrected chi connectivity index (χ4v) is 1.16. The number of hydrogen-bond acceptors (Lipinski definition) is 2. The zero-order valence-electron chi connectivity index (χ0n) is 8.21. The largest absolute Gasteiger partial charge is 0.486 e. The third-order valence-electron chi connectivity index (χ3n) is 1.80. The van der Waals surface area contributed by atoms with E-state index in [1.165, 1.54) is 0 Å². The lowest BCUT2D eigenvalue weighted by Gasteiger charge is -2.04. The summed E-state index contributed by atoms with van der Waals surface area (Å²) in [6.07, 6.45) is 0.493. The summed E-state index contributed by atoms with van der Waals surface area (Å²) < 4.78 is 16.9. The van der Waals surface area contributed by atoms with Gasteiger partial charge in [-0.05, 0) is 30.7 Å². The van der Waals surface area contributed by atoms with Crippen LogP contribution in [0.15, 0.2) is 24.3 Å². The molecule has 0 aromatic heterocycles. The van der Waals surface area contributed by atoms with E-state index in [0.717, 1.165) is 0 Å². The van der Waals surface area contributed by atoms with Crippen molar-refractivity contribution in [3.8, 4) is 5.75 Å². The molecular formula is C11H12ClFO2. The van der Waals surface area contributed by atoms with Gasteiger partial charge in [0.25, 0.3) is 0 Å². The molecule has 0 atom stereocenters. The van der Waals surface area contributed by atoms with Crippen molar-refractivity contribution in [1.82, 2.24) is 0 Å². The van der Waals surface area contributed by atoms with Crippen LogP contribution in [0, 0.1) is 0 Å². The van der Waals surface area contributed by atoms with Crippen LogP contribution in [0.1, 0.15) is 12.8 Å². The number of rotatable bonds is 6. The minimum atomic E-state index is -0.466. The highest BCUT2D eigenvalue weighted by molar-refractivity contribution is 6.30. The molecule has 0 amide bonds. The maximum Gasteiger partial charge on any atom is 0.170 e. The molecule has 1 aromatic carbocycles. The third-order valence-corrected chi connectivity index (χ3v) is 2.05. The second kappa shape index (κ2) is 6.40. The molecule has 0 fully saturated rings. The minimum Gasteiger partial charge on any atom is -0.486 e. The first kappa shape index (κ1) is 12.0. The Hall–Kier alpha value is -1.09. The van der Waals surface area contributed by atoms with E-state index in [1.807, 2.05) is 0 Å². The number of ether oxygens (including phenoxy) is 1. The van der Waals surface area contributed by atoms with Crippen molar-refractivity contribution in [3.05, 3.63) is 29.3 Å². The zero-order valence-corrected chi connectivity index (χ0v) is 8.97. The second-order valence-electron chi connectivity index (χ2n) is 3.07. The van der Waals surface area contributed by atoms with Gasteiger partial charge in [-0.15, -0.1) is 0 Å². The standard InChI is InChI=1S/C11H12ClFO2/c12-9-3-5-11(6-4-9)15-8-10(14)2-1-7-13/h3-6H,1-2,7-8H2. The van der Waals surface area contributed by atoms with Crippen LogP contribution in [0.3, 0.4) is 0 Å². The maximum absolute atomic E-state index is 11.8. The van der Waals surface area contributed by atoms with Gasteiger partial charge in [0.2, 0.25) is 0 Å². The fourth-order valence-electron chi connectivity index (χ4n) is 1.03. The summed E-state index contributed by atoms with van der Waals surface area (Å²) in [6.45, 7) is -0.478. The van der Waals surface area contributed by atoms with Gasteiger partial charge in [-0.1, -0.05) is 11.6 Å². The molecule has 0 bridgehead atoms.